The number of nitrogens with zero attached hydrogens (tertiary/aromatic N) is 1. The third kappa shape index (κ3) is 2.22. The molecule has 0 saturated heterocycles. The average Bonchev–Trinajstić information content (AvgIpc) is 2.53. The number of hydrogen-bond donors (Lipinski definition) is 1. The van der Waals surface area contributed by atoms with Crippen molar-refractivity contribution < 1.29 is 9.90 Å². The first-order chi connectivity index (χ1) is 7.15. The van der Waals surface area contributed by atoms with E-state index in [9.17, 15) is 4.79 Å². The molecule has 0 radical (unpaired) electrons. The molecule has 1 heterocycles. The van der Waals surface area contributed by atoms with Crippen LogP contribution in [0.4, 0.5) is 0 Å². The highest BCUT2D eigenvalue weighted by molar-refractivity contribution is 7.18. The molecule has 1 aromatic heterocycles. The summed E-state index contributed by atoms with van der Waals surface area (Å²) in [5, 5.41) is 9.51. The van der Waals surface area contributed by atoms with E-state index in [0.717, 1.165) is 26.9 Å². The molecular weight excluding hydrogens is 210 g/mol. The second-order valence-electron chi connectivity index (χ2n) is 3.13. The number of hydrogen-bond acceptors (Lipinski definition) is 3. The molecule has 0 spiro atoms. The third-order valence-electron chi connectivity index (χ3n) is 1.94. The van der Waals surface area contributed by atoms with E-state index in [1.165, 1.54) is 0 Å². The highest BCUT2D eigenvalue weighted by Gasteiger charge is 2.00. The lowest BCUT2D eigenvalue weighted by Gasteiger charge is -1.91. The molecule has 2 aromatic rings. The van der Waals surface area contributed by atoms with Gasteiger partial charge in [-0.25, -0.2) is 9.78 Å². The van der Waals surface area contributed by atoms with E-state index in [1.807, 2.05) is 25.1 Å². The highest BCUT2D eigenvalue weighted by Crippen LogP contribution is 2.22. The molecule has 2 rings (SSSR count). The first-order valence-electron chi connectivity index (χ1n) is 4.43. The Hall–Kier alpha value is -1.68. The summed E-state index contributed by atoms with van der Waals surface area (Å²) < 4.78 is 1.08. The maximum Gasteiger partial charge on any atom is 0.328 e. The van der Waals surface area contributed by atoms with E-state index in [-0.39, 0.29) is 0 Å². The molecule has 0 amide bonds. The average molecular weight is 219 g/mol. The zero-order chi connectivity index (χ0) is 10.8. The lowest BCUT2D eigenvalue weighted by atomic mass is 10.2. The maximum absolute atomic E-state index is 10.3. The van der Waals surface area contributed by atoms with Gasteiger partial charge in [0.2, 0.25) is 0 Å². The minimum absolute atomic E-state index is 0.883. The molecule has 0 aliphatic rings. The molecule has 1 N–H and O–H groups in total. The number of thiazole rings is 1. The van der Waals surface area contributed by atoms with Crippen molar-refractivity contribution in [3.05, 3.63) is 34.8 Å². The Morgan fingerprint density at radius 3 is 3.07 bits per heavy atom. The lowest BCUT2D eigenvalue weighted by molar-refractivity contribution is -0.131. The van der Waals surface area contributed by atoms with Gasteiger partial charge in [-0.3, -0.25) is 0 Å². The van der Waals surface area contributed by atoms with Crippen LogP contribution >= 0.6 is 11.3 Å². The third-order valence-corrected chi connectivity index (χ3v) is 2.87. The number of fused-ring (bicyclic) bond motifs is 1. The van der Waals surface area contributed by atoms with E-state index < -0.39 is 5.97 Å². The summed E-state index contributed by atoms with van der Waals surface area (Å²) in [5.41, 5.74) is 1.85. The number of rotatable bonds is 2. The van der Waals surface area contributed by atoms with Crippen molar-refractivity contribution in [2.24, 2.45) is 0 Å². The van der Waals surface area contributed by atoms with Gasteiger partial charge in [0.1, 0.15) is 0 Å². The molecule has 0 aliphatic heterocycles. The molecule has 76 valence electrons. The smallest absolute Gasteiger partial charge is 0.328 e. The first kappa shape index (κ1) is 9.86. The molecule has 3 nitrogen and oxygen atoms in total. The first-order valence-corrected chi connectivity index (χ1v) is 5.25. The molecule has 0 saturated carbocycles. The van der Waals surface area contributed by atoms with Crippen molar-refractivity contribution in [1.82, 2.24) is 4.98 Å². The zero-order valence-corrected chi connectivity index (χ0v) is 8.91. The van der Waals surface area contributed by atoms with Crippen LogP contribution < -0.4 is 0 Å². The molecule has 0 atom stereocenters. The molecular formula is C11H9NO2S. The number of carboxylic acids is 1. The lowest BCUT2D eigenvalue weighted by Crippen LogP contribution is -1.85. The van der Waals surface area contributed by atoms with Gasteiger partial charge in [-0.2, -0.15) is 0 Å². The minimum Gasteiger partial charge on any atom is -0.478 e. The Bertz CT molecular complexity index is 543. The molecule has 0 fully saturated rings. The fourth-order valence-corrected chi connectivity index (χ4v) is 2.20. The fourth-order valence-electron chi connectivity index (χ4n) is 1.33. The van der Waals surface area contributed by atoms with Crippen LogP contribution in [0, 0.1) is 6.92 Å². The van der Waals surface area contributed by atoms with Gasteiger partial charge in [0.05, 0.1) is 15.2 Å². The number of carbonyl (C=O) groups is 1. The summed E-state index contributed by atoms with van der Waals surface area (Å²) >= 11 is 1.61. The van der Waals surface area contributed by atoms with Gasteiger partial charge in [0.15, 0.2) is 0 Å². The van der Waals surface area contributed by atoms with E-state index in [4.69, 9.17) is 5.11 Å². The standard InChI is InChI=1S/C11H9NO2S/c1-7-12-9-4-2-8(3-5-11(13)14)6-10(9)15-7/h2-6H,1H3,(H,13,14)/b5-3+. The van der Waals surface area contributed by atoms with Crippen molar-refractivity contribution in [3.8, 4) is 0 Å². The summed E-state index contributed by atoms with van der Waals surface area (Å²) in [7, 11) is 0. The molecule has 15 heavy (non-hydrogen) atoms. The van der Waals surface area contributed by atoms with Crippen LogP contribution in [-0.4, -0.2) is 16.1 Å². The van der Waals surface area contributed by atoms with Crippen molar-refractivity contribution in [1.29, 1.82) is 0 Å². The molecule has 4 heteroatoms. The second-order valence-corrected chi connectivity index (χ2v) is 4.37. The van der Waals surface area contributed by atoms with Gasteiger partial charge >= 0.3 is 5.97 Å². The van der Waals surface area contributed by atoms with Gasteiger partial charge in [0.25, 0.3) is 0 Å². The quantitative estimate of drug-likeness (QED) is 0.790. The predicted molar refractivity (Wildman–Crippen MR) is 61.0 cm³/mol. The Labute approximate surface area is 90.7 Å². The van der Waals surface area contributed by atoms with E-state index in [0.29, 0.717) is 0 Å². The van der Waals surface area contributed by atoms with Crippen LogP contribution in [0.25, 0.3) is 16.3 Å². The summed E-state index contributed by atoms with van der Waals surface area (Å²) in [6.07, 6.45) is 2.71. The number of carboxylic acid groups (broad SMARTS) is 1. The molecule has 0 unspecified atom stereocenters. The van der Waals surface area contributed by atoms with Crippen molar-refractivity contribution in [2.45, 2.75) is 6.92 Å². The number of benzene rings is 1. The second kappa shape index (κ2) is 3.82. The number of aromatic nitrogens is 1. The van der Waals surface area contributed by atoms with Gasteiger partial charge in [-0.15, -0.1) is 11.3 Å². The van der Waals surface area contributed by atoms with Gasteiger partial charge < -0.3 is 5.11 Å². The predicted octanol–water partition coefficient (Wildman–Crippen LogP) is 2.70. The van der Waals surface area contributed by atoms with Crippen LogP contribution in [-0.2, 0) is 4.79 Å². The zero-order valence-electron chi connectivity index (χ0n) is 8.10. The van der Waals surface area contributed by atoms with Crippen molar-refractivity contribution >= 4 is 33.6 Å². The van der Waals surface area contributed by atoms with Gasteiger partial charge in [-0.1, -0.05) is 6.07 Å². The van der Waals surface area contributed by atoms with Crippen molar-refractivity contribution in [3.63, 3.8) is 0 Å². The topological polar surface area (TPSA) is 50.2 Å². The van der Waals surface area contributed by atoms with Crippen LogP contribution in [0.5, 0.6) is 0 Å². The Balaban J connectivity index is 2.42. The Kier molecular flexibility index (Phi) is 2.51. The fraction of sp³-hybridized carbons (Fsp3) is 0.0909. The van der Waals surface area contributed by atoms with Crippen LogP contribution in [0.15, 0.2) is 24.3 Å². The highest BCUT2D eigenvalue weighted by atomic mass is 32.1. The SMILES string of the molecule is Cc1nc2ccc(/C=C/C(=O)O)cc2s1. The van der Waals surface area contributed by atoms with Crippen LogP contribution in [0.1, 0.15) is 10.6 Å². The van der Waals surface area contributed by atoms with Crippen LogP contribution in [0.3, 0.4) is 0 Å². The number of aliphatic carboxylic acids is 1. The molecule has 0 aliphatic carbocycles. The summed E-state index contributed by atoms with van der Waals surface area (Å²) in [5.74, 6) is -0.935. The largest absolute Gasteiger partial charge is 0.478 e. The van der Waals surface area contributed by atoms with Crippen LogP contribution in [0.2, 0.25) is 0 Å². The van der Waals surface area contributed by atoms with Gasteiger partial charge in [0, 0.05) is 6.08 Å². The number of aryl methyl sites for hydroxylation is 1. The van der Waals surface area contributed by atoms with Crippen molar-refractivity contribution in [2.75, 3.05) is 0 Å². The van der Waals surface area contributed by atoms with E-state index >= 15 is 0 Å². The maximum atomic E-state index is 10.3. The summed E-state index contributed by atoms with van der Waals surface area (Å²) in [6.45, 7) is 1.96. The van der Waals surface area contributed by atoms with Gasteiger partial charge in [-0.05, 0) is 30.7 Å². The molecule has 0 bridgehead atoms. The molecule has 1 aromatic carbocycles. The minimum atomic E-state index is -0.935. The monoisotopic (exact) mass is 219 g/mol. The Morgan fingerprint density at radius 2 is 2.33 bits per heavy atom. The summed E-state index contributed by atoms with van der Waals surface area (Å²) in [6, 6.07) is 5.71. The normalized spacial score (nSPS) is 11.3. The summed E-state index contributed by atoms with van der Waals surface area (Å²) in [4.78, 5) is 14.7. The van der Waals surface area contributed by atoms with E-state index in [2.05, 4.69) is 4.98 Å². The van der Waals surface area contributed by atoms with E-state index in [1.54, 1.807) is 17.4 Å². The Morgan fingerprint density at radius 1 is 1.53 bits per heavy atom.